The van der Waals surface area contributed by atoms with Gasteiger partial charge in [0, 0.05) is 6.61 Å². The number of fused-ring (bicyclic) bond motifs is 1. The number of carbonyl (C=O) groups is 1. The molecule has 4 nitrogen and oxygen atoms in total. The minimum absolute atomic E-state index is 0.0842. The van der Waals surface area contributed by atoms with Gasteiger partial charge >= 0.3 is 0 Å². The number of benzene rings is 2. The molecule has 5 heteroatoms. The number of aromatic nitrogens is 1. The smallest absolute Gasteiger partial charge is 0.233 e. The largest absolute Gasteiger partial charge is 0.376 e. The summed E-state index contributed by atoms with van der Waals surface area (Å²) in [4.78, 5) is 20.1. The molecule has 1 atom stereocenters. The monoisotopic (exact) mass is 408 g/mol. The third kappa shape index (κ3) is 4.36. The molecule has 0 radical (unpaired) electrons. The molecule has 0 aliphatic carbocycles. The van der Waals surface area contributed by atoms with Crippen molar-refractivity contribution in [2.75, 3.05) is 18.1 Å². The van der Waals surface area contributed by atoms with E-state index in [1.807, 2.05) is 4.90 Å². The molecule has 4 rings (SSSR count). The Balaban J connectivity index is 1.67. The van der Waals surface area contributed by atoms with E-state index in [2.05, 4.69) is 58.0 Å². The number of nitrogens with zero attached hydrogens (tertiary/aromatic N) is 2. The zero-order valence-electron chi connectivity index (χ0n) is 17.6. The topological polar surface area (TPSA) is 42.4 Å². The zero-order valence-corrected chi connectivity index (χ0v) is 18.4. The van der Waals surface area contributed by atoms with E-state index >= 15 is 0 Å². The molecule has 2 aromatic carbocycles. The van der Waals surface area contributed by atoms with Crippen LogP contribution in [0.4, 0.5) is 5.13 Å². The average Bonchev–Trinajstić information content (AvgIpc) is 3.31. The standard InChI is InChI=1S/C24H28N2O2S/c1-15-7-8-19(17(3)10-15)13-22(27)26(14-20-6-5-9-28-20)24-25-21-12-16(2)11-18(4)23(21)29-24/h7-8,10-12,20H,5-6,9,13-14H2,1-4H3. The molecular weight excluding hydrogens is 380 g/mol. The van der Waals surface area contributed by atoms with E-state index in [4.69, 9.17) is 9.72 Å². The van der Waals surface area contributed by atoms with E-state index in [1.165, 1.54) is 16.7 Å². The van der Waals surface area contributed by atoms with Crippen molar-refractivity contribution in [3.63, 3.8) is 0 Å². The number of carbonyl (C=O) groups excluding carboxylic acids is 1. The van der Waals surface area contributed by atoms with Gasteiger partial charge in [-0.2, -0.15) is 0 Å². The second-order valence-corrected chi connectivity index (χ2v) is 9.15. The van der Waals surface area contributed by atoms with Gasteiger partial charge in [-0.05, 0) is 68.9 Å². The molecule has 1 amide bonds. The van der Waals surface area contributed by atoms with Crippen LogP contribution in [-0.2, 0) is 16.0 Å². The number of ether oxygens (including phenoxy) is 1. The summed E-state index contributed by atoms with van der Waals surface area (Å²) in [6.45, 7) is 9.70. The van der Waals surface area contributed by atoms with Crippen LogP contribution in [0.2, 0.25) is 0 Å². The predicted octanol–water partition coefficient (Wildman–Crippen LogP) is 5.28. The first-order valence-corrected chi connectivity index (χ1v) is 11.1. The van der Waals surface area contributed by atoms with Crippen LogP contribution in [0.25, 0.3) is 10.2 Å². The summed E-state index contributed by atoms with van der Waals surface area (Å²) >= 11 is 1.61. The Bertz CT molecular complexity index is 1050. The van der Waals surface area contributed by atoms with Crippen LogP contribution in [0.15, 0.2) is 30.3 Å². The minimum Gasteiger partial charge on any atom is -0.376 e. The number of thiazole rings is 1. The molecule has 1 aliphatic heterocycles. The lowest BCUT2D eigenvalue weighted by atomic mass is 10.0. The summed E-state index contributed by atoms with van der Waals surface area (Å²) in [7, 11) is 0. The maximum Gasteiger partial charge on any atom is 0.233 e. The third-order valence-corrected chi connectivity index (χ3v) is 6.82. The van der Waals surface area contributed by atoms with Crippen molar-refractivity contribution >= 4 is 32.6 Å². The Labute approximate surface area is 176 Å². The van der Waals surface area contributed by atoms with Gasteiger partial charge in [0.25, 0.3) is 0 Å². The fraction of sp³-hybridized carbons (Fsp3) is 0.417. The quantitative estimate of drug-likeness (QED) is 0.576. The van der Waals surface area contributed by atoms with Crippen molar-refractivity contribution in [1.29, 1.82) is 0 Å². The van der Waals surface area contributed by atoms with Crippen molar-refractivity contribution in [3.05, 3.63) is 58.1 Å². The van der Waals surface area contributed by atoms with Crippen molar-refractivity contribution < 1.29 is 9.53 Å². The van der Waals surface area contributed by atoms with Gasteiger partial charge in [0.1, 0.15) is 0 Å². The number of rotatable bonds is 5. The molecule has 1 saturated heterocycles. The molecule has 1 aliphatic rings. The summed E-state index contributed by atoms with van der Waals surface area (Å²) in [5, 5.41) is 0.777. The first kappa shape index (κ1) is 20.0. The molecule has 0 spiro atoms. The maximum atomic E-state index is 13.4. The second kappa shape index (κ2) is 8.25. The molecule has 3 aromatic rings. The van der Waals surface area contributed by atoms with Gasteiger partial charge in [0.05, 0.1) is 29.3 Å². The second-order valence-electron chi connectivity index (χ2n) is 8.17. The first-order chi connectivity index (χ1) is 13.9. The fourth-order valence-corrected chi connectivity index (χ4v) is 5.10. The van der Waals surface area contributed by atoms with Crippen molar-refractivity contribution in [2.45, 2.75) is 53.1 Å². The Kier molecular flexibility index (Phi) is 5.70. The van der Waals surface area contributed by atoms with Crippen LogP contribution in [-0.4, -0.2) is 30.1 Å². The van der Waals surface area contributed by atoms with E-state index in [1.54, 1.807) is 11.3 Å². The third-order valence-electron chi connectivity index (χ3n) is 5.59. The lowest BCUT2D eigenvalue weighted by Crippen LogP contribution is -2.38. The SMILES string of the molecule is Cc1ccc(CC(=O)N(CC2CCCO2)c2nc3cc(C)cc(C)c3s2)c(C)c1. The van der Waals surface area contributed by atoms with E-state index in [-0.39, 0.29) is 12.0 Å². The molecule has 0 N–H and O–H groups in total. The van der Waals surface area contributed by atoms with E-state index < -0.39 is 0 Å². The van der Waals surface area contributed by atoms with Crippen molar-refractivity contribution in [1.82, 2.24) is 4.98 Å². The lowest BCUT2D eigenvalue weighted by Gasteiger charge is -2.23. The Morgan fingerprint density at radius 1 is 1.14 bits per heavy atom. The van der Waals surface area contributed by atoms with Gasteiger partial charge in [-0.25, -0.2) is 4.98 Å². The van der Waals surface area contributed by atoms with Gasteiger partial charge in [-0.1, -0.05) is 41.2 Å². The van der Waals surface area contributed by atoms with Crippen LogP contribution >= 0.6 is 11.3 Å². The van der Waals surface area contributed by atoms with E-state index in [9.17, 15) is 4.79 Å². The van der Waals surface area contributed by atoms with Crippen LogP contribution in [0.1, 0.15) is 40.7 Å². The number of hydrogen-bond donors (Lipinski definition) is 0. The van der Waals surface area contributed by atoms with E-state index in [0.717, 1.165) is 45.9 Å². The normalized spacial score (nSPS) is 16.5. The fourth-order valence-electron chi connectivity index (χ4n) is 4.06. The summed E-state index contributed by atoms with van der Waals surface area (Å²) < 4.78 is 7.00. The van der Waals surface area contributed by atoms with Crippen LogP contribution in [0.5, 0.6) is 0 Å². The molecule has 1 aromatic heterocycles. The first-order valence-electron chi connectivity index (χ1n) is 10.3. The number of amides is 1. The summed E-state index contributed by atoms with van der Waals surface area (Å²) in [5.74, 6) is 0.0842. The highest BCUT2D eigenvalue weighted by atomic mass is 32.1. The molecule has 29 heavy (non-hydrogen) atoms. The maximum absolute atomic E-state index is 13.4. The van der Waals surface area contributed by atoms with Crippen molar-refractivity contribution in [2.24, 2.45) is 0 Å². The highest BCUT2D eigenvalue weighted by molar-refractivity contribution is 7.22. The van der Waals surface area contributed by atoms with Gasteiger partial charge in [0.2, 0.25) is 5.91 Å². The van der Waals surface area contributed by atoms with Gasteiger partial charge in [-0.15, -0.1) is 0 Å². The van der Waals surface area contributed by atoms with Crippen LogP contribution in [0.3, 0.4) is 0 Å². The van der Waals surface area contributed by atoms with E-state index in [0.29, 0.717) is 13.0 Å². The summed E-state index contributed by atoms with van der Waals surface area (Å²) in [6.07, 6.45) is 2.53. The molecule has 152 valence electrons. The molecule has 1 fully saturated rings. The zero-order chi connectivity index (χ0) is 20.5. The number of hydrogen-bond acceptors (Lipinski definition) is 4. The highest BCUT2D eigenvalue weighted by Crippen LogP contribution is 2.33. The molecule has 2 heterocycles. The Morgan fingerprint density at radius 3 is 2.66 bits per heavy atom. The number of anilines is 1. The Morgan fingerprint density at radius 2 is 1.93 bits per heavy atom. The molecular formula is C24H28N2O2S. The van der Waals surface area contributed by atoms with Gasteiger partial charge in [0.15, 0.2) is 5.13 Å². The molecule has 0 saturated carbocycles. The Hall–Kier alpha value is -2.24. The van der Waals surface area contributed by atoms with Crippen molar-refractivity contribution in [3.8, 4) is 0 Å². The predicted molar refractivity (Wildman–Crippen MR) is 120 cm³/mol. The summed E-state index contributed by atoms with van der Waals surface area (Å²) in [6, 6.07) is 10.5. The average molecular weight is 409 g/mol. The lowest BCUT2D eigenvalue weighted by molar-refractivity contribution is -0.118. The minimum atomic E-state index is 0.0842. The van der Waals surface area contributed by atoms with Gasteiger partial charge < -0.3 is 4.74 Å². The summed E-state index contributed by atoms with van der Waals surface area (Å²) in [5.41, 5.74) is 6.82. The van der Waals surface area contributed by atoms with Crippen LogP contribution < -0.4 is 4.90 Å². The molecule has 1 unspecified atom stereocenters. The number of aryl methyl sites for hydroxylation is 4. The highest BCUT2D eigenvalue weighted by Gasteiger charge is 2.26. The van der Waals surface area contributed by atoms with Crippen LogP contribution in [0, 0.1) is 27.7 Å². The van der Waals surface area contributed by atoms with Gasteiger partial charge in [-0.3, -0.25) is 9.69 Å². The molecule has 0 bridgehead atoms.